The van der Waals surface area contributed by atoms with E-state index in [0.29, 0.717) is 18.8 Å². The number of hydrogen-bond donors (Lipinski definition) is 0. The fraction of sp³-hybridized carbons (Fsp3) is 0.577. The molecule has 32 heavy (non-hydrogen) atoms. The van der Waals surface area contributed by atoms with Crippen LogP contribution in [0, 0.1) is 25.2 Å². The Bertz CT molecular complexity index is 945. The van der Waals surface area contributed by atoms with Gasteiger partial charge in [0.1, 0.15) is 11.6 Å². The van der Waals surface area contributed by atoms with Crippen LogP contribution >= 0.6 is 11.6 Å². The van der Waals surface area contributed by atoms with Gasteiger partial charge in [-0.1, -0.05) is 57.5 Å². The van der Waals surface area contributed by atoms with E-state index in [1.807, 2.05) is 36.9 Å². The van der Waals surface area contributed by atoms with Gasteiger partial charge in [-0.25, -0.2) is 9.97 Å². The number of benzene rings is 1. The summed E-state index contributed by atoms with van der Waals surface area (Å²) in [6.07, 6.45) is 2.38. The Morgan fingerprint density at radius 1 is 1.09 bits per heavy atom. The quantitative estimate of drug-likeness (QED) is 0.580. The smallest absolute Gasteiger partial charge is 0.222 e. The normalized spacial score (nSPS) is 15.7. The lowest BCUT2D eigenvalue weighted by atomic mass is 9.84. The zero-order valence-electron chi connectivity index (χ0n) is 20.4. The van der Waals surface area contributed by atoms with Crippen LogP contribution in [0.3, 0.4) is 0 Å². The summed E-state index contributed by atoms with van der Waals surface area (Å²) in [5, 5.41) is 0.762. The zero-order chi connectivity index (χ0) is 23.5. The van der Waals surface area contributed by atoms with Crippen molar-refractivity contribution in [2.75, 3.05) is 31.1 Å². The van der Waals surface area contributed by atoms with Crippen molar-refractivity contribution in [1.29, 1.82) is 0 Å². The number of carbonyl (C=O) groups excluding carboxylic acids is 1. The van der Waals surface area contributed by atoms with Gasteiger partial charge in [-0.05, 0) is 43.2 Å². The summed E-state index contributed by atoms with van der Waals surface area (Å²) in [6.45, 7) is 15.9. The Kier molecular flexibility index (Phi) is 7.81. The Morgan fingerprint density at radius 3 is 2.38 bits per heavy atom. The molecule has 0 saturated carbocycles. The maximum absolute atomic E-state index is 12.9. The topological polar surface area (TPSA) is 49.3 Å². The number of carbonyl (C=O) groups is 1. The molecular formula is C26H37ClN4O. The predicted octanol–water partition coefficient (Wildman–Crippen LogP) is 5.45. The lowest BCUT2D eigenvalue weighted by Crippen LogP contribution is -2.49. The van der Waals surface area contributed by atoms with Crippen LogP contribution in [-0.2, 0) is 11.2 Å². The molecule has 0 radical (unpaired) electrons. The molecule has 1 amide bonds. The van der Waals surface area contributed by atoms with Crippen LogP contribution in [0.4, 0.5) is 5.82 Å². The second-order valence-electron chi connectivity index (χ2n) is 10.4. The molecule has 0 spiro atoms. The second-order valence-corrected chi connectivity index (χ2v) is 10.8. The minimum Gasteiger partial charge on any atom is -0.353 e. The van der Waals surface area contributed by atoms with Crippen LogP contribution < -0.4 is 4.90 Å². The minimum absolute atomic E-state index is 0.249. The number of halogens is 1. The van der Waals surface area contributed by atoms with Crippen LogP contribution in [0.2, 0.25) is 5.02 Å². The molecule has 0 unspecified atom stereocenters. The molecule has 1 aliphatic rings. The third kappa shape index (κ3) is 6.44. The van der Waals surface area contributed by atoms with Crippen molar-refractivity contribution in [2.24, 2.45) is 11.3 Å². The number of aryl methyl sites for hydroxylation is 2. The summed E-state index contributed by atoms with van der Waals surface area (Å²) in [5.41, 5.74) is 3.43. The Labute approximate surface area is 198 Å². The fourth-order valence-electron chi connectivity index (χ4n) is 4.73. The van der Waals surface area contributed by atoms with Gasteiger partial charge in [-0.15, -0.1) is 0 Å². The molecule has 6 heteroatoms. The summed E-state index contributed by atoms with van der Waals surface area (Å²) in [7, 11) is 0. The molecule has 2 heterocycles. The Hall–Kier alpha value is -2.14. The van der Waals surface area contributed by atoms with Crippen LogP contribution in [0.5, 0.6) is 0 Å². The molecule has 3 rings (SSSR count). The standard InChI is InChI=1S/C26H37ClN4O/c1-18(17-26(4,5)6)15-24(32)30-11-13-31(14-12-30)25-22(19(2)28-20(3)29-25)16-21-9-7-8-10-23(21)27/h7-10,18H,11-17H2,1-6H3/t18-/m1/s1. The minimum atomic E-state index is 0.249. The maximum atomic E-state index is 12.9. The first-order chi connectivity index (χ1) is 15.0. The lowest BCUT2D eigenvalue weighted by Gasteiger charge is -2.37. The highest BCUT2D eigenvalue weighted by molar-refractivity contribution is 6.31. The van der Waals surface area contributed by atoms with E-state index >= 15 is 0 Å². The largest absolute Gasteiger partial charge is 0.353 e. The first kappa shape index (κ1) is 24.5. The van der Waals surface area contributed by atoms with Crippen molar-refractivity contribution in [3.63, 3.8) is 0 Å². The van der Waals surface area contributed by atoms with E-state index in [1.165, 1.54) is 0 Å². The molecule has 1 atom stereocenters. The molecule has 1 fully saturated rings. The monoisotopic (exact) mass is 456 g/mol. The third-order valence-electron chi connectivity index (χ3n) is 6.04. The van der Waals surface area contributed by atoms with Gasteiger partial charge >= 0.3 is 0 Å². The Balaban J connectivity index is 1.70. The van der Waals surface area contributed by atoms with E-state index in [1.54, 1.807) is 0 Å². The first-order valence-corrected chi connectivity index (χ1v) is 12.0. The molecule has 1 aliphatic heterocycles. The molecule has 1 aromatic carbocycles. The summed E-state index contributed by atoms with van der Waals surface area (Å²) in [5.74, 6) is 2.42. The highest BCUT2D eigenvalue weighted by Gasteiger charge is 2.26. The van der Waals surface area contributed by atoms with E-state index in [-0.39, 0.29) is 11.3 Å². The highest BCUT2D eigenvalue weighted by Crippen LogP contribution is 2.29. The SMILES string of the molecule is Cc1nc(C)c(Cc2ccccc2Cl)c(N2CCN(C(=O)C[C@@H](C)CC(C)(C)C)CC2)n1. The molecule has 5 nitrogen and oxygen atoms in total. The van der Waals surface area contributed by atoms with Gasteiger partial charge in [0.05, 0.1) is 0 Å². The van der Waals surface area contributed by atoms with Crippen molar-refractivity contribution < 1.29 is 4.79 Å². The fourth-order valence-corrected chi connectivity index (χ4v) is 4.93. The van der Waals surface area contributed by atoms with E-state index in [0.717, 1.165) is 66.1 Å². The highest BCUT2D eigenvalue weighted by atomic mass is 35.5. The number of hydrogen-bond acceptors (Lipinski definition) is 4. The average Bonchev–Trinajstić information content (AvgIpc) is 2.70. The summed E-state index contributed by atoms with van der Waals surface area (Å²) in [6, 6.07) is 7.94. The number of rotatable bonds is 6. The van der Waals surface area contributed by atoms with Crippen LogP contribution in [0.1, 0.15) is 63.2 Å². The molecule has 0 N–H and O–H groups in total. The van der Waals surface area contributed by atoms with Crippen molar-refractivity contribution in [1.82, 2.24) is 14.9 Å². The van der Waals surface area contributed by atoms with E-state index < -0.39 is 0 Å². The summed E-state index contributed by atoms with van der Waals surface area (Å²) >= 11 is 6.43. The molecule has 1 saturated heterocycles. The summed E-state index contributed by atoms with van der Waals surface area (Å²) < 4.78 is 0. The predicted molar refractivity (Wildman–Crippen MR) is 132 cm³/mol. The number of piperazine rings is 1. The lowest BCUT2D eigenvalue weighted by molar-refractivity contribution is -0.132. The van der Waals surface area contributed by atoms with Crippen LogP contribution in [0.25, 0.3) is 0 Å². The number of nitrogens with zero attached hydrogens (tertiary/aromatic N) is 4. The van der Waals surface area contributed by atoms with Crippen LogP contribution in [-0.4, -0.2) is 47.0 Å². The van der Waals surface area contributed by atoms with Crippen molar-refractivity contribution in [2.45, 2.75) is 60.8 Å². The molecule has 174 valence electrons. The van der Waals surface area contributed by atoms with Gasteiger partial charge in [-0.3, -0.25) is 4.79 Å². The van der Waals surface area contributed by atoms with Crippen LogP contribution in [0.15, 0.2) is 24.3 Å². The summed E-state index contributed by atoms with van der Waals surface area (Å²) in [4.78, 5) is 26.6. The second kappa shape index (κ2) is 10.2. The van der Waals surface area contributed by atoms with E-state index in [2.05, 4.69) is 43.6 Å². The Morgan fingerprint density at radius 2 is 1.75 bits per heavy atom. The van der Waals surface area contributed by atoms with Gasteiger partial charge in [0, 0.05) is 55.3 Å². The van der Waals surface area contributed by atoms with Gasteiger partial charge in [0.25, 0.3) is 0 Å². The first-order valence-electron chi connectivity index (χ1n) is 11.6. The van der Waals surface area contributed by atoms with Gasteiger partial charge in [0.2, 0.25) is 5.91 Å². The van der Waals surface area contributed by atoms with Gasteiger partial charge in [0.15, 0.2) is 0 Å². The van der Waals surface area contributed by atoms with Gasteiger partial charge in [-0.2, -0.15) is 0 Å². The van der Waals surface area contributed by atoms with E-state index in [4.69, 9.17) is 16.6 Å². The molecule has 0 bridgehead atoms. The number of amides is 1. The molecule has 0 aliphatic carbocycles. The van der Waals surface area contributed by atoms with Crippen molar-refractivity contribution in [3.05, 3.63) is 51.9 Å². The van der Waals surface area contributed by atoms with Crippen molar-refractivity contribution in [3.8, 4) is 0 Å². The number of aromatic nitrogens is 2. The zero-order valence-corrected chi connectivity index (χ0v) is 21.2. The molecule has 1 aromatic heterocycles. The molecular weight excluding hydrogens is 420 g/mol. The molecule has 2 aromatic rings. The maximum Gasteiger partial charge on any atom is 0.222 e. The van der Waals surface area contributed by atoms with Crippen molar-refractivity contribution >= 4 is 23.3 Å². The average molecular weight is 457 g/mol. The number of anilines is 1. The van der Waals surface area contributed by atoms with E-state index in [9.17, 15) is 4.79 Å². The third-order valence-corrected chi connectivity index (χ3v) is 6.41. The van der Waals surface area contributed by atoms with Gasteiger partial charge < -0.3 is 9.80 Å².